The van der Waals surface area contributed by atoms with Crippen LogP contribution in [0.15, 0.2) is 40.7 Å². The van der Waals surface area contributed by atoms with Gasteiger partial charge in [0.15, 0.2) is 0 Å². The molecule has 1 aromatic heterocycles. The number of carboxylic acid groups (broad SMARTS) is 1. The van der Waals surface area contributed by atoms with Gasteiger partial charge >= 0.3 is 12.0 Å². The Morgan fingerprint density at radius 2 is 2.03 bits per heavy atom. The quantitative estimate of drug-likeness (QED) is 0.195. The molecule has 2 aromatic rings. The first-order chi connectivity index (χ1) is 16.7. The van der Waals surface area contributed by atoms with Crippen molar-refractivity contribution in [2.75, 3.05) is 11.1 Å². The van der Waals surface area contributed by atoms with Crippen molar-refractivity contribution in [2.24, 2.45) is 11.5 Å². The lowest BCUT2D eigenvalue weighted by atomic mass is 10.0. The van der Waals surface area contributed by atoms with Crippen molar-refractivity contribution in [3.63, 3.8) is 0 Å². The van der Waals surface area contributed by atoms with Crippen LogP contribution in [0.2, 0.25) is 0 Å². The Morgan fingerprint density at radius 3 is 2.63 bits per heavy atom. The monoisotopic (exact) mass is 519 g/mol. The minimum atomic E-state index is -1.23. The molecule has 1 fully saturated rings. The number of nitrogens with one attached hydrogen (secondary N) is 3. The topological polar surface area (TPSA) is 222 Å². The van der Waals surface area contributed by atoms with Crippen molar-refractivity contribution in [1.82, 2.24) is 30.8 Å². The molecule has 8 N–H and O–H groups in total. The van der Waals surface area contributed by atoms with E-state index in [2.05, 4.69) is 31.3 Å². The molecule has 4 amide bonds. The molecule has 4 atom stereocenters. The van der Waals surface area contributed by atoms with Crippen molar-refractivity contribution in [1.29, 1.82) is 0 Å². The van der Waals surface area contributed by atoms with Crippen LogP contribution in [-0.2, 0) is 14.4 Å². The van der Waals surface area contributed by atoms with Crippen LogP contribution in [0, 0.1) is 0 Å². The van der Waals surface area contributed by atoms with E-state index in [4.69, 9.17) is 11.5 Å². The highest BCUT2D eigenvalue weighted by atomic mass is 32.2. The summed E-state index contributed by atoms with van der Waals surface area (Å²) in [6, 6.07) is 3.48. The first kappa shape index (κ1) is 24.5. The summed E-state index contributed by atoms with van der Waals surface area (Å²) in [7, 11) is 0. The number of carbonyl (C=O) groups excluding carboxylic acids is 3. The molecule has 4 rings (SSSR count). The van der Waals surface area contributed by atoms with Crippen molar-refractivity contribution in [2.45, 2.75) is 34.8 Å². The average molecular weight is 520 g/mol. The molecule has 16 heteroatoms. The predicted octanol–water partition coefficient (Wildman–Crippen LogP) is -0.390. The molecule has 1 aromatic carbocycles. The second kappa shape index (κ2) is 9.93. The summed E-state index contributed by atoms with van der Waals surface area (Å²) in [5, 5.41) is 27.8. The van der Waals surface area contributed by atoms with Gasteiger partial charge in [0.1, 0.15) is 23.2 Å². The molecular weight excluding hydrogens is 498 g/mol. The fourth-order valence-electron chi connectivity index (χ4n) is 3.70. The number of anilines is 1. The summed E-state index contributed by atoms with van der Waals surface area (Å²) in [5.74, 6) is -2.00. The third-order valence-corrected chi connectivity index (χ3v) is 7.76. The molecule has 3 unspecified atom stereocenters. The molecule has 14 nitrogen and oxygen atoms in total. The zero-order valence-electron chi connectivity index (χ0n) is 18.2. The number of hydrogen-bond donors (Lipinski definition) is 6. The molecule has 0 saturated carbocycles. The van der Waals surface area contributed by atoms with E-state index in [1.54, 1.807) is 31.2 Å². The summed E-state index contributed by atoms with van der Waals surface area (Å²) >= 11 is 2.60. The van der Waals surface area contributed by atoms with Crippen LogP contribution >= 0.6 is 23.5 Å². The van der Waals surface area contributed by atoms with Gasteiger partial charge in [-0.05, 0) is 40.6 Å². The van der Waals surface area contributed by atoms with E-state index in [9.17, 15) is 24.3 Å². The van der Waals surface area contributed by atoms with E-state index in [1.165, 1.54) is 28.4 Å². The third kappa shape index (κ3) is 4.94. The van der Waals surface area contributed by atoms with Crippen molar-refractivity contribution in [3.05, 3.63) is 41.1 Å². The molecule has 1 saturated heterocycles. The number of benzene rings is 1. The number of carbonyl (C=O) groups is 4. The number of aliphatic carboxylic acids is 1. The molecule has 0 bridgehead atoms. The summed E-state index contributed by atoms with van der Waals surface area (Å²) < 4.78 is 0. The average Bonchev–Trinajstić information content (AvgIpc) is 3.33. The number of β-lactam (4-membered cyclic amide) rings is 1. The number of amides is 4. The standard InChI is InChI=1S/C19H21N9O5S2/c1-7(35-19-24-26-27-25-19)10-6-34-16-12(15(30)28(16)13(10)17(31)32)23-14(29)11(20)8-2-4-9(5-3-8)22-18(21)33/h2-5,7,11-12,16H,6,20H2,1H3,(H,23,29)(H,31,32)(H3,21,22,33)(H,24,25,26,27)/t7?,11?,12?,16-/m0/s1. The molecule has 184 valence electrons. The van der Waals surface area contributed by atoms with E-state index < -0.39 is 41.3 Å². The number of aromatic nitrogens is 4. The Hall–Kier alpha value is -3.63. The Labute approximate surface area is 206 Å². The highest BCUT2D eigenvalue weighted by Crippen LogP contribution is 2.43. The van der Waals surface area contributed by atoms with Gasteiger partial charge in [0.05, 0.1) is 0 Å². The first-order valence-corrected chi connectivity index (χ1v) is 12.1. The number of nitrogens with two attached hydrogens (primary N) is 2. The number of urea groups is 1. The Morgan fingerprint density at radius 1 is 1.31 bits per heavy atom. The number of nitrogens with zero attached hydrogens (tertiary/aromatic N) is 4. The van der Waals surface area contributed by atoms with Gasteiger partial charge in [-0.3, -0.25) is 14.5 Å². The zero-order valence-corrected chi connectivity index (χ0v) is 19.8. The van der Waals surface area contributed by atoms with Gasteiger partial charge in [-0.25, -0.2) is 14.7 Å². The summed E-state index contributed by atoms with van der Waals surface area (Å²) in [4.78, 5) is 49.8. The number of carboxylic acids is 1. The normalized spacial score (nSPS) is 21.0. The molecular formula is C19H21N9O5S2. The van der Waals surface area contributed by atoms with Crippen LogP contribution in [0.25, 0.3) is 0 Å². The van der Waals surface area contributed by atoms with E-state index >= 15 is 0 Å². The molecule has 0 aliphatic carbocycles. The largest absolute Gasteiger partial charge is 0.477 e. The minimum absolute atomic E-state index is 0.0986. The minimum Gasteiger partial charge on any atom is -0.477 e. The maximum Gasteiger partial charge on any atom is 0.352 e. The third-order valence-electron chi connectivity index (χ3n) is 5.42. The van der Waals surface area contributed by atoms with Crippen molar-refractivity contribution >= 4 is 53.0 Å². The number of fused-ring (bicyclic) bond motifs is 1. The van der Waals surface area contributed by atoms with Crippen LogP contribution in [0.5, 0.6) is 0 Å². The molecule has 3 heterocycles. The molecule has 2 aliphatic rings. The summed E-state index contributed by atoms with van der Waals surface area (Å²) in [6.45, 7) is 1.80. The number of rotatable bonds is 8. The molecule has 0 spiro atoms. The SMILES string of the molecule is CC(Sc1nnn[nH]1)C1=C(C(=O)O)N2C(=O)C(NC(=O)C(N)c3ccc(NC(N)=O)cc3)[C@@H]2SC1. The number of primary amides is 1. The van der Waals surface area contributed by atoms with Gasteiger partial charge in [-0.2, -0.15) is 0 Å². The van der Waals surface area contributed by atoms with E-state index in [0.717, 1.165) is 0 Å². The number of aromatic amines is 1. The van der Waals surface area contributed by atoms with E-state index in [-0.39, 0.29) is 10.9 Å². The highest BCUT2D eigenvalue weighted by Gasteiger charge is 2.54. The van der Waals surface area contributed by atoms with Gasteiger partial charge in [-0.15, -0.1) is 16.9 Å². The lowest BCUT2D eigenvalue weighted by molar-refractivity contribution is -0.150. The second-order valence-electron chi connectivity index (χ2n) is 7.63. The molecule has 2 aliphatic heterocycles. The first-order valence-electron chi connectivity index (χ1n) is 10.2. The van der Waals surface area contributed by atoms with Gasteiger partial charge in [0, 0.05) is 16.7 Å². The fourth-order valence-corrected chi connectivity index (χ4v) is 6.13. The Kier molecular flexibility index (Phi) is 6.95. The number of tetrazole rings is 1. The van der Waals surface area contributed by atoms with E-state index in [0.29, 0.717) is 27.7 Å². The smallest absolute Gasteiger partial charge is 0.352 e. The number of thioether (sulfide) groups is 2. The van der Waals surface area contributed by atoms with Crippen LogP contribution in [0.1, 0.15) is 18.5 Å². The predicted molar refractivity (Wildman–Crippen MR) is 126 cm³/mol. The summed E-state index contributed by atoms with van der Waals surface area (Å²) in [5.41, 5.74) is 12.5. The van der Waals surface area contributed by atoms with Gasteiger partial charge in [0.25, 0.3) is 5.91 Å². The van der Waals surface area contributed by atoms with Gasteiger partial charge in [0.2, 0.25) is 11.1 Å². The second-order valence-corrected chi connectivity index (χ2v) is 10.1. The highest BCUT2D eigenvalue weighted by molar-refractivity contribution is 8.01. The van der Waals surface area contributed by atoms with Crippen LogP contribution < -0.4 is 22.1 Å². The number of H-pyrrole nitrogens is 1. The van der Waals surface area contributed by atoms with Gasteiger partial charge in [-0.1, -0.05) is 23.9 Å². The Bertz CT molecular complexity index is 1190. The maximum absolute atomic E-state index is 12.9. The lowest BCUT2D eigenvalue weighted by Crippen LogP contribution is -2.71. The lowest BCUT2D eigenvalue weighted by Gasteiger charge is -2.50. The maximum atomic E-state index is 12.9. The van der Waals surface area contributed by atoms with Crippen LogP contribution in [0.4, 0.5) is 10.5 Å². The number of hydrogen-bond acceptors (Lipinski definition) is 10. The summed E-state index contributed by atoms with van der Waals surface area (Å²) in [6.07, 6.45) is 0. The van der Waals surface area contributed by atoms with E-state index in [1.807, 2.05) is 0 Å². The Balaban J connectivity index is 1.44. The molecule has 0 radical (unpaired) electrons. The fraction of sp³-hybridized carbons (Fsp3) is 0.316. The van der Waals surface area contributed by atoms with Crippen molar-refractivity contribution < 1.29 is 24.3 Å². The van der Waals surface area contributed by atoms with Crippen molar-refractivity contribution in [3.8, 4) is 0 Å². The van der Waals surface area contributed by atoms with Crippen LogP contribution in [-0.4, -0.2) is 76.9 Å². The van der Waals surface area contributed by atoms with Crippen LogP contribution in [0.3, 0.4) is 0 Å². The molecule has 35 heavy (non-hydrogen) atoms. The zero-order chi connectivity index (χ0) is 25.3. The van der Waals surface area contributed by atoms with Gasteiger partial charge < -0.3 is 27.2 Å².